The van der Waals surface area contributed by atoms with E-state index in [4.69, 9.17) is 39.5 Å². The van der Waals surface area contributed by atoms with Gasteiger partial charge in [-0.2, -0.15) is 0 Å². The molecule has 17 heavy (non-hydrogen) atoms. The fourth-order valence-corrected chi connectivity index (χ4v) is 2.46. The van der Waals surface area contributed by atoms with Gasteiger partial charge < -0.3 is 10.1 Å². The normalized spacial score (nSPS) is 17.1. The van der Waals surface area contributed by atoms with Gasteiger partial charge in [-0.3, -0.25) is 0 Å². The molecule has 1 aliphatic heterocycles. The van der Waals surface area contributed by atoms with Gasteiger partial charge in [-0.05, 0) is 37.9 Å². The van der Waals surface area contributed by atoms with Crippen LogP contribution < -0.4 is 10.1 Å². The summed E-state index contributed by atoms with van der Waals surface area (Å²) >= 11 is 17.8. The molecular weight excluding hydrogens is 280 g/mol. The molecule has 1 aromatic carbocycles. The Kier molecular flexibility index (Phi) is 4.80. The Labute approximate surface area is 116 Å². The van der Waals surface area contributed by atoms with Gasteiger partial charge in [-0.1, -0.05) is 34.8 Å². The first kappa shape index (κ1) is 13.3. The molecular formula is C12H14Cl3NO. The molecule has 1 fully saturated rings. The van der Waals surface area contributed by atoms with Crippen LogP contribution in [0.1, 0.15) is 12.8 Å². The molecule has 5 heteroatoms. The molecule has 0 aromatic heterocycles. The molecule has 2 nitrogen and oxygen atoms in total. The van der Waals surface area contributed by atoms with E-state index >= 15 is 0 Å². The van der Waals surface area contributed by atoms with E-state index < -0.39 is 0 Å². The summed E-state index contributed by atoms with van der Waals surface area (Å²) in [6, 6.07) is 3.29. The molecule has 1 saturated heterocycles. The van der Waals surface area contributed by atoms with Crippen molar-refractivity contribution in [3.05, 3.63) is 27.2 Å². The lowest BCUT2D eigenvalue weighted by Gasteiger charge is -2.23. The van der Waals surface area contributed by atoms with Gasteiger partial charge in [-0.25, -0.2) is 0 Å². The lowest BCUT2D eigenvalue weighted by molar-refractivity contribution is 0.215. The van der Waals surface area contributed by atoms with Gasteiger partial charge in [0.15, 0.2) is 0 Å². The highest BCUT2D eigenvalue weighted by atomic mass is 35.5. The molecule has 0 aliphatic carbocycles. The molecule has 1 N–H and O–H groups in total. The van der Waals surface area contributed by atoms with Crippen LogP contribution in [-0.2, 0) is 0 Å². The molecule has 1 aromatic rings. The molecule has 0 spiro atoms. The highest BCUT2D eigenvalue weighted by Gasteiger charge is 2.15. The standard InChI is InChI=1S/C12H14Cl3NO/c13-9-5-11(15)12(6-10(9)14)17-7-8-1-3-16-4-2-8/h5-6,8,16H,1-4,7H2. The fraction of sp³-hybridized carbons (Fsp3) is 0.500. The summed E-state index contributed by atoms with van der Waals surface area (Å²) in [5.41, 5.74) is 0. The predicted molar refractivity (Wildman–Crippen MR) is 72.6 cm³/mol. The van der Waals surface area contributed by atoms with Gasteiger partial charge in [0, 0.05) is 6.07 Å². The summed E-state index contributed by atoms with van der Waals surface area (Å²) in [6.45, 7) is 2.80. The lowest BCUT2D eigenvalue weighted by atomic mass is 9.99. The van der Waals surface area contributed by atoms with E-state index in [1.54, 1.807) is 12.1 Å². The summed E-state index contributed by atoms with van der Waals surface area (Å²) in [6.07, 6.45) is 2.28. The van der Waals surface area contributed by atoms with E-state index in [2.05, 4.69) is 5.32 Å². The van der Waals surface area contributed by atoms with E-state index in [-0.39, 0.29) is 0 Å². The molecule has 0 unspecified atom stereocenters. The third kappa shape index (κ3) is 3.65. The number of hydrogen-bond donors (Lipinski definition) is 1. The van der Waals surface area contributed by atoms with E-state index in [0.29, 0.717) is 33.3 Å². The van der Waals surface area contributed by atoms with E-state index in [1.165, 1.54) is 0 Å². The van der Waals surface area contributed by atoms with E-state index in [1.807, 2.05) is 0 Å². The number of benzene rings is 1. The Morgan fingerprint density at radius 3 is 2.41 bits per heavy atom. The minimum Gasteiger partial charge on any atom is -0.492 e. The Morgan fingerprint density at radius 1 is 1.06 bits per heavy atom. The van der Waals surface area contributed by atoms with E-state index in [0.717, 1.165) is 25.9 Å². The Morgan fingerprint density at radius 2 is 1.71 bits per heavy atom. The summed E-state index contributed by atoms with van der Waals surface area (Å²) in [7, 11) is 0. The van der Waals surface area contributed by atoms with Crippen molar-refractivity contribution >= 4 is 34.8 Å². The minimum absolute atomic E-state index is 0.450. The SMILES string of the molecule is Clc1cc(Cl)c(OCC2CCNCC2)cc1Cl. The first-order chi connectivity index (χ1) is 8.16. The second-order valence-electron chi connectivity index (χ2n) is 4.20. The summed E-state index contributed by atoms with van der Waals surface area (Å²) in [4.78, 5) is 0. The van der Waals surface area contributed by atoms with Crippen LogP contribution in [0.3, 0.4) is 0 Å². The zero-order valence-electron chi connectivity index (χ0n) is 9.31. The maximum atomic E-state index is 6.04. The average molecular weight is 295 g/mol. The molecule has 0 radical (unpaired) electrons. The molecule has 0 saturated carbocycles. The molecule has 1 heterocycles. The topological polar surface area (TPSA) is 21.3 Å². The predicted octanol–water partition coefficient (Wildman–Crippen LogP) is 4.03. The smallest absolute Gasteiger partial charge is 0.139 e. The van der Waals surface area contributed by atoms with Crippen LogP contribution in [0.15, 0.2) is 12.1 Å². The zero-order valence-corrected chi connectivity index (χ0v) is 11.6. The first-order valence-electron chi connectivity index (χ1n) is 5.65. The number of hydrogen-bond acceptors (Lipinski definition) is 2. The van der Waals surface area contributed by atoms with Crippen LogP contribution in [0.2, 0.25) is 15.1 Å². The molecule has 2 rings (SSSR count). The third-order valence-corrected chi connectivity index (χ3v) is 3.93. The van der Waals surface area contributed by atoms with Crippen molar-refractivity contribution < 1.29 is 4.74 Å². The van der Waals surface area contributed by atoms with E-state index in [9.17, 15) is 0 Å². The number of halogens is 3. The van der Waals surface area contributed by atoms with Gasteiger partial charge in [-0.15, -0.1) is 0 Å². The van der Waals surface area contributed by atoms with Gasteiger partial charge in [0.05, 0.1) is 21.7 Å². The van der Waals surface area contributed by atoms with Crippen molar-refractivity contribution in [2.45, 2.75) is 12.8 Å². The number of rotatable bonds is 3. The lowest BCUT2D eigenvalue weighted by Crippen LogP contribution is -2.30. The maximum Gasteiger partial charge on any atom is 0.139 e. The summed E-state index contributed by atoms with van der Waals surface area (Å²) in [5.74, 6) is 1.20. The van der Waals surface area contributed by atoms with Gasteiger partial charge in [0.2, 0.25) is 0 Å². The number of piperidine rings is 1. The van der Waals surface area contributed by atoms with Crippen LogP contribution >= 0.6 is 34.8 Å². The second-order valence-corrected chi connectivity index (χ2v) is 5.42. The number of ether oxygens (including phenoxy) is 1. The van der Waals surface area contributed by atoms with Crippen LogP contribution in [0.4, 0.5) is 0 Å². The van der Waals surface area contributed by atoms with Crippen molar-refractivity contribution in [1.82, 2.24) is 5.32 Å². The van der Waals surface area contributed by atoms with Gasteiger partial charge in [0.25, 0.3) is 0 Å². The van der Waals surface area contributed by atoms with Gasteiger partial charge in [0.1, 0.15) is 5.75 Å². The number of nitrogens with one attached hydrogen (secondary N) is 1. The average Bonchev–Trinajstić information content (AvgIpc) is 2.33. The Bertz CT molecular complexity index is 392. The van der Waals surface area contributed by atoms with Crippen LogP contribution in [0, 0.1) is 5.92 Å². The Balaban J connectivity index is 1.96. The molecule has 94 valence electrons. The van der Waals surface area contributed by atoms with Crippen LogP contribution in [0.5, 0.6) is 5.75 Å². The third-order valence-electron chi connectivity index (χ3n) is 2.91. The molecule has 0 bridgehead atoms. The van der Waals surface area contributed by atoms with Crippen LogP contribution in [0.25, 0.3) is 0 Å². The van der Waals surface area contributed by atoms with Crippen molar-refractivity contribution in [1.29, 1.82) is 0 Å². The molecule has 0 atom stereocenters. The maximum absolute atomic E-state index is 6.04. The second kappa shape index (κ2) is 6.14. The van der Waals surface area contributed by atoms with Crippen molar-refractivity contribution in [2.75, 3.05) is 19.7 Å². The van der Waals surface area contributed by atoms with Crippen LogP contribution in [-0.4, -0.2) is 19.7 Å². The quantitative estimate of drug-likeness (QED) is 0.850. The highest BCUT2D eigenvalue weighted by Crippen LogP contribution is 2.34. The Hall–Kier alpha value is -0.150. The molecule has 0 amide bonds. The van der Waals surface area contributed by atoms with Gasteiger partial charge >= 0.3 is 0 Å². The van der Waals surface area contributed by atoms with Crippen molar-refractivity contribution in [2.24, 2.45) is 5.92 Å². The zero-order chi connectivity index (χ0) is 12.3. The molecule has 1 aliphatic rings. The van der Waals surface area contributed by atoms with Crippen molar-refractivity contribution in [3.63, 3.8) is 0 Å². The monoisotopic (exact) mass is 293 g/mol. The largest absolute Gasteiger partial charge is 0.492 e. The summed E-state index contributed by atoms with van der Waals surface area (Å²) < 4.78 is 5.71. The fourth-order valence-electron chi connectivity index (χ4n) is 1.87. The first-order valence-corrected chi connectivity index (χ1v) is 6.78. The minimum atomic E-state index is 0.450. The summed E-state index contributed by atoms with van der Waals surface area (Å²) in [5, 5.41) is 4.75. The van der Waals surface area contributed by atoms with Crippen molar-refractivity contribution in [3.8, 4) is 5.75 Å². The highest BCUT2D eigenvalue weighted by molar-refractivity contribution is 6.43.